The maximum Gasteiger partial charge on any atom is 0.256 e. The third-order valence-electron chi connectivity index (χ3n) is 4.45. The SMILES string of the molecule is CCn1cnnc1[C@H]1CN(C(=O)c2cccc3cc[nH]c23)CCO1. The fourth-order valence-electron chi connectivity index (χ4n) is 3.18. The third-order valence-corrected chi connectivity index (χ3v) is 4.45. The average Bonchev–Trinajstić information content (AvgIpc) is 3.29. The predicted octanol–water partition coefficient (Wildman–Crippen LogP) is 1.99. The van der Waals surface area contributed by atoms with Gasteiger partial charge < -0.3 is 19.2 Å². The number of aryl methyl sites for hydroxylation is 1. The lowest BCUT2D eigenvalue weighted by atomic mass is 10.1. The lowest BCUT2D eigenvalue weighted by Crippen LogP contribution is -2.43. The summed E-state index contributed by atoms with van der Waals surface area (Å²) >= 11 is 0. The van der Waals surface area contributed by atoms with Crippen LogP contribution in [0.1, 0.15) is 29.2 Å². The highest BCUT2D eigenvalue weighted by atomic mass is 16.5. The summed E-state index contributed by atoms with van der Waals surface area (Å²) in [6, 6.07) is 7.74. The minimum Gasteiger partial charge on any atom is -0.366 e. The first kappa shape index (κ1) is 14.9. The monoisotopic (exact) mass is 325 g/mol. The van der Waals surface area contributed by atoms with Crippen LogP contribution >= 0.6 is 0 Å². The standard InChI is InChI=1S/C17H19N5O2/c1-2-21-11-19-20-16(21)14-10-22(8-9-24-14)17(23)13-5-3-4-12-6-7-18-15(12)13/h3-7,11,14,18H,2,8-10H2,1H3/t14-/m1/s1. The molecule has 1 saturated heterocycles. The van der Waals surface area contributed by atoms with Gasteiger partial charge >= 0.3 is 0 Å². The van der Waals surface area contributed by atoms with Gasteiger partial charge in [0.05, 0.1) is 24.2 Å². The molecular weight excluding hydrogens is 306 g/mol. The summed E-state index contributed by atoms with van der Waals surface area (Å²) in [5, 5.41) is 9.16. The smallest absolute Gasteiger partial charge is 0.256 e. The summed E-state index contributed by atoms with van der Waals surface area (Å²) in [7, 11) is 0. The molecule has 0 bridgehead atoms. The number of hydrogen-bond acceptors (Lipinski definition) is 4. The molecule has 1 atom stereocenters. The Balaban J connectivity index is 1.60. The predicted molar refractivity (Wildman–Crippen MR) is 88.6 cm³/mol. The lowest BCUT2D eigenvalue weighted by molar-refractivity contribution is -0.0283. The van der Waals surface area contributed by atoms with Crippen molar-refractivity contribution in [3.63, 3.8) is 0 Å². The third kappa shape index (κ3) is 2.46. The van der Waals surface area contributed by atoms with Crippen molar-refractivity contribution < 1.29 is 9.53 Å². The van der Waals surface area contributed by atoms with Gasteiger partial charge in [-0.25, -0.2) is 0 Å². The van der Waals surface area contributed by atoms with Crippen LogP contribution in [0.25, 0.3) is 10.9 Å². The first-order chi connectivity index (χ1) is 11.8. The lowest BCUT2D eigenvalue weighted by Gasteiger charge is -2.32. The zero-order valence-corrected chi connectivity index (χ0v) is 13.5. The van der Waals surface area contributed by atoms with Gasteiger partial charge in [-0.1, -0.05) is 12.1 Å². The Morgan fingerprint density at radius 2 is 2.33 bits per heavy atom. The second kappa shape index (κ2) is 6.09. The molecule has 1 aromatic carbocycles. The zero-order valence-electron chi connectivity index (χ0n) is 13.5. The maximum atomic E-state index is 13.0. The number of aromatic nitrogens is 4. The van der Waals surface area contributed by atoms with Crippen LogP contribution in [-0.2, 0) is 11.3 Å². The van der Waals surface area contributed by atoms with Crippen molar-refractivity contribution >= 4 is 16.8 Å². The Labute approximate surface area is 139 Å². The van der Waals surface area contributed by atoms with Crippen LogP contribution in [0.2, 0.25) is 0 Å². The van der Waals surface area contributed by atoms with Crippen LogP contribution in [-0.4, -0.2) is 50.3 Å². The molecule has 1 aliphatic heterocycles. The fourth-order valence-corrected chi connectivity index (χ4v) is 3.18. The minimum atomic E-state index is -0.243. The highest BCUT2D eigenvalue weighted by Gasteiger charge is 2.29. The highest BCUT2D eigenvalue weighted by Crippen LogP contribution is 2.24. The first-order valence-electron chi connectivity index (χ1n) is 8.12. The number of benzene rings is 1. The molecule has 0 radical (unpaired) electrons. The molecule has 1 fully saturated rings. The molecule has 3 aromatic rings. The van der Waals surface area contributed by atoms with E-state index < -0.39 is 0 Å². The molecular formula is C17H19N5O2. The molecule has 24 heavy (non-hydrogen) atoms. The number of aromatic amines is 1. The largest absolute Gasteiger partial charge is 0.366 e. The van der Waals surface area contributed by atoms with Gasteiger partial charge in [-0.05, 0) is 19.1 Å². The molecule has 7 nitrogen and oxygen atoms in total. The number of amides is 1. The second-order valence-electron chi connectivity index (χ2n) is 5.83. The van der Waals surface area contributed by atoms with E-state index in [0.717, 1.165) is 23.3 Å². The summed E-state index contributed by atoms with van der Waals surface area (Å²) in [4.78, 5) is 18.0. The molecule has 0 spiro atoms. The Bertz CT molecular complexity index is 869. The van der Waals surface area contributed by atoms with Crippen molar-refractivity contribution in [1.29, 1.82) is 0 Å². The van der Waals surface area contributed by atoms with Gasteiger partial charge in [0.25, 0.3) is 5.91 Å². The van der Waals surface area contributed by atoms with E-state index in [1.54, 1.807) is 6.33 Å². The van der Waals surface area contributed by atoms with Gasteiger partial charge in [-0.2, -0.15) is 0 Å². The molecule has 7 heteroatoms. The molecule has 1 aliphatic rings. The number of carbonyl (C=O) groups excluding carboxylic acids is 1. The van der Waals surface area contributed by atoms with Crippen molar-refractivity contribution in [2.45, 2.75) is 19.6 Å². The van der Waals surface area contributed by atoms with Crippen molar-refractivity contribution in [3.05, 3.63) is 48.2 Å². The van der Waals surface area contributed by atoms with E-state index >= 15 is 0 Å². The molecule has 4 rings (SSSR count). The average molecular weight is 325 g/mol. The normalized spacial score (nSPS) is 18.2. The summed E-state index contributed by atoms with van der Waals surface area (Å²) in [5.74, 6) is 0.784. The van der Waals surface area contributed by atoms with Gasteiger partial charge in [0.1, 0.15) is 12.4 Å². The van der Waals surface area contributed by atoms with E-state index in [4.69, 9.17) is 4.74 Å². The number of fused-ring (bicyclic) bond motifs is 1. The number of carbonyl (C=O) groups is 1. The van der Waals surface area contributed by atoms with Crippen molar-refractivity contribution in [1.82, 2.24) is 24.6 Å². The van der Waals surface area contributed by atoms with Gasteiger partial charge in [0, 0.05) is 24.7 Å². The quantitative estimate of drug-likeness (QED) is 0.799. The van der Waals surface area contributed by atoms with Crippen LogP contribution in [0.3, 0.4) is 0 Å². The molecule has 3 heterocycles. The number of para-hydroxylation sites is 1. The summed E-state index contributed by atoms with van der Waals surface area (Å²) in [5.41, 5.74) is 1.57. The van der Waals surface area contributed by atoms with Gasteiger partial charge in [0.15, 0.2) is 5.82 Å². The van der Waals surface area contributed by atoms with E-state index in [-0.39, 0.29) is 12.0 Å². The number of morpholine rings is 1. The van der Waals surface area contributed by atoms with E-state index in [1.165, 1.54) is 0 Å². The Hall–Kier alpha value is -2.67. The van der Waals surface area contributed by atoms with Gasteiger partial charge in [-0.3, -0.25) is 4.79 Å². The van der Waals surface area contributed by atoms with Crippen LogP contribution in [0.4, 0.5) is 0 Å². The van der Waals surface area contributed by atoms with Crippen LogP contribution in [0, 0.1) is 0 Å². The minimum absolute atomic E-state index is 0.0129. The second-order valence-corrected chi connectivity index (χ2v) is 5.83. The highest BCUT2D eigenvalue weighted by molar-refractivity contribution is 6.05. The molecule has 1 N–H and O–H groups in total. The number of rotatable bonds is 3. The number of hydrogen-bond donors (Lipinski definition) is 1. The Kier molecular flexibility index (Phi) is 3.78. The molecule has 0 saturated carbocycles. The first-order valence-corrected chi connectivity index (χ1v) is 8.12. The molecule has 0 aliphatic carbocycles. The molecule has 0 unspecified atom stereocenters. The van der Waals surface area contributed by atoms with Crippen molar-refractivity contribution in [2.24, 2.45) is 0 Å². The summed E-state index contributed by atoms with van der Waals surface area (Å²) < 4.78 is 7.78. The van der Waals surface area contributed by atoms with E-state index in [2.05, 4.69) is 15.2 Å². The maximum absolute atomic E-state index is 13.0. The number of H-pyrrole nitrogens is 1. The molecule has 1 amide bonds. The number of nitrogens with zero attached hydrogens (tertiary/aromatic N) is 4. The topological polar surface area (TPSA) is 76.0 Å². The van der Waals surface area contributed by atoms with Crippen LogP contribution in [0.5, 0.6) is 0 Å². The van der Waals surface area contributed by atoms with Gasteiger partial charge in [0.2, 0.25) is 0 Å². The van der Waals surface area contributed by atoms with Crippen molar-refractivity contribution in [3.8, 4) is 0 Å². The molecule has 124 valence electrons. The summed E-state index contributed by atoms with van der Waals surface area (Å²) in [6.07, 6.45) is 3.31. The van der Waals surface area contributed by atoms with E-state index in [1.807, 2.05) is 46.9 Å². The number of ether oxygens (including phenoxy) is 1. The zero-order chi connectivity index (χ0) is 16.5. The fraction of sp³-hybridized carbons (Fsp3) is 0.353. The number of nitrogens with one attached hydrogen (secondary N) is 1. The van der Waals surface area contributed by atoms with Gasteiger partial charge in [-0.15, -0.1) is 10.2 Å². The molecule has 2 aromatic heterocycles. The van der Waals surface area contributed by atoms with E-state index in [9.17, 15) is 4.79 Å². The van der Waals surface area contributed by atoms with Crippen LogP contribution in [0.15, 0.2) is 36.8 Å². The Morgan fingerprint density at radius 3 is 3.21 bits per heavy atom. The van der Waals surface area contributed by atoms with E-state index in [0.29, 0.717) is 25.3 Å². The summed E-state index contributed by atoms with van der Waals surface area (Å²) in [6.45, 7) is 4.36. The van der Waals surface area contributed by atoms with Crippen molar-refractivity contribution in [2.75, 3.05) is 19.7 Å². The van der Waals surface area contributed by atoms with Crippen LogP contribution < -0.4 is 0 Å². The Morgan fingerprint density at radius 1 is 1.42 bits per heavy atom.